The van der Waals surface area contributed by atoms with Gasteiger partial charge in [-0.15, -0.1) is 0 Å². The monoisotopic (exact) mass is 805 g/mol. The number of hydrogen-bond donors (Lipinski definition) is 0. The standard InChI is InChI=1S/C59H39N3O/c1-4-16-41(17-5-1)54-39-55(42-18-6-2-7-19-42)61-58(60-54)62(46-33-28-40(29-34-46)43-30-37-57-51(38-43)50-24-12-15-27-56(50)63-57)47-35-31-45(32-36-47)59(44-20-8-3-9-21-44)52-25-13-10-22-48(52)49-23-11-14-26-53(49)59/h1-39H. The molecule has 0 saturated carbocycles. The number of benzene rings is 9. The molecule has 11 aromatic rings. The lowest BCUT2D eigenvalue weighted by atomic mass is 9.68. The van der Waals surface area contributed by atoms with Gasteiger partial charge in [-0.2, -0.15) is 0 Å². The lowest BCUT2D eigenvalue weighted by molar-refractivity contribution is 0.669. The van der Waals surface area contributed by atoms with Crippen LogP contribution in [0.2, 0.25) is 0 Å². The summed E-state index contributed by atoms with van der Waals surface area (Å²) >= 11 is 0. The van der Waals surface area contributed by atoms with Crippen molar-refractivity contribution in [1.82, 2.24) is 9.97 Å². The molecular weight excluding hydrogens is 767 g/mol. The van der Waals surface area contributed by atoms with Crippen molar-refractivity contribution in [1.29, 1.82) is 0 Å². The first-order valence-corrected chi connectivity index (χ1v) is 21.4. The van der Waals surface area contributed by atoms with Crippen LogP contribution in [0.1, 0.15) is 22.3 Å². The van der Waals surface area contributed by atoms with Crippen molar-refractivity contribution in [3.63, 3.8) is 0 Å². The molecule has 0 N–H and O–H groups in total. The van der Waals surface area contributed by atoms with Gasteiger partial charge in [-0.3, -0.25) is 4.90 Å². The first-order chi connectivity index (χ1) is 31.2. The Bertz CT molecular complexity index is 3330. The molecule has 2 heterocycles. The van der Waals surface area contributed by atoms with E-state index < -0.39 is 5.41 Å². The van der Waals surface area contributed by atoms with E-state index in [0.29, 0.717) is 5.95 Å². The van der Waals surface area contributed by atoms with Gasteiger partial charge >= 0.3 is 0 Å². The molecule has 0 bridgehead atoms. The van der Waals surface area contributed by atoms with E-state index in [4.69, 9.17) is 14.4 Å². The number of anilines is 3. The molecule has 0 aliphatic heterocycles. The van der Waals surface area contributed by atoms with E-state index in [2.05, 4.69) is 217 Å². The van der Waals surface area contributed by atoms with Crippen molar-refractivity contribution in [2.24, 2.45) is 0 Å². The summed E-state index contributed by atoms with van der Waals surface area (Å²) in [7, 11) is 0. The summed E-state index contributed by atoms with van der Waals surface area (Å²) in [6.45, 7) is 0. The van der Waals surface area contributed by atoms with Crippen LogP contribution in [0.3, 0.4) is 0 Å². The molecule has 0 radical (unpaired) electrons. The van der Waals surface area contributed by atoms with Gasteiger partial charge < -0.3 is 4.42 Å². The van der Waals surface area contributed by atoms with Crippen LogP contribution in [-0.4, -0.2) is 9.97 Å². The van der Waals surface area contributed by atoms with E-state index in [0.717, 1.165) is 67.0 Å². The third kappa shape index (κ3) is 6.07. The Morgan fingerprint density at radius 2 is 0.825 bits per heavy atom. The average molecular weight is 806 g/mol. The second kappa shape index (κ2) is 15.0. The smallest absolute Gasteiger partial charge is 0.235 e. The van der Waals surface area contributed by atoms with Crippen LogP contribution in [0.15, 0.2) is 241 Å². The summed E-state index contributed by atoms with van der Waals surface area (Å²) < 4.78 is 6.16. The largest absolute Gasteiger partial charge is 0.456 e. The van der Waals surface area contributed by atoms with Gasteiger partial charge in [-0.05, 0) is 93.0 Å². The molecule has 0 fully saturated rings. The molecular formula is C59H39N3O. The molecule has 1 aliphatic rings. The molecule has 4 nitrogen and oxygen atoms in total. The number of hydrogen-bond acceptors (Lipinski definition) is 4. The molecule has 2 aromatic heterocycles. The summed E-state index contributed by atoms with van der Waals surface area (Å²) in [4.78, 5) is 12.9. The second-order valence-electron chi connectivity index (χ2n) is 16.1. The van der Waals surface area contributed by atoms with Gasteiger partial charge in [0.2, 0.25) is 5.95 Å². The molecule has 12 rings (SSSR count). The Kier molecular flexibility index (Phi) is 8.68. The Labute approximate surface area is 366 Å². The third-order valence-electron chi connectivity index (χ3n) is 12.6. The van der Waals surface area contributed by atoms with E-state index in [1.54, 1.807) is 0 Å². The summed E-state index contributed by atoms with van der Waals surface area (Å²) in [5, 5.41) is 2.22. The zero-order chi connectivity index (χ0) is 41.7. The molecule has 63 heavy (non-hydrogen) atoms. The summed E-state index contributed by atoms with van der Waals surface area (Å²) in [6, 6.07) is 83.9. The van der Waals surface area contributed by atoms with Gasteiger partial charge in [0.25, 0.3) is 0 Å². The van der Waals surface area contributed by atoms with Crippen molar-refractivity contribution in [2.45, 2.75) is 5.41 Å². The van der Waals surface area contributed by atoms with Crippen molar-refractivity contribution >= 4 is 39.3 Å². The first-order valence-electron chi connectivity index (χ1n) is 21.4. The highest BCUT2D eigenvalue weighted by Gasteiger charge is 2.45. The number of furan rings is 1. The maximum atomic E-state index is 6.16. The van der Waals surface area contributed by atoms with Crippen molar-refractivity contribution in [3.05, 3.63) is 259 Å². The number of fused-ring (bicyclic) bond motifs is 6. The predicted molar refractivity (Wildman–Crippen MR) is 258 cm³/mol. The van der Waals surface area contributed by atoms with E-state index in [9.17, 15) is 0 Å². The Morgan fingerprint density at radius 3 is 1.44 bits per heavy atom. The number of nitrogens with zero attached hydrogens (tertiary/aromatic N) is 3. The van der Waals surface area contributed by atoms with Crippen LogP contribution >= 0.6 is 0 Å². The molecule has 9 aromatic carbocycles. The van der Waals surface area contributed by atoms with Gasteiger partial charge in [-0.25, -0.2) is 9.97 Å². The van der Waals surface area contributed by atoms with Gasteiger partial charge in [0.05, 0.1) is 16.8 Å². The Balaban J connectivity index is 1.03. The molecule has 0 saturated heterocycles. The summed E-state index contributed by atoms with van der Waals surface area (Å²) in [6.07, 6.45) is 0. The van der Waals surface area contributed by atoms with Crippen LogP contribution in [0.5, 0.6) is 0 Å². The average Bonchev–Trinajstić information content (AvgIpc) is 3.89. The van der Waals surface area contributed by atoms with Gasteiger partial charge in [0, 0.05) is 33.3 Å². The highest BCUT2D eigenvalue weighted by atomic mass is 16.3. The predicted octanol–water partition coefficient (Wildman–Crippen LogP) is 15.2. The molecule has 0 unspecified atom stereocenters. The second-order valence-corrected chi connectivity index (χ2v) is 16.1. The minimum atomic E-state index is -0.509. The van der Waals surface area contributed by atoms with Crippen LogP contribution in [0.4, 0.5) is 17.3 Å². The lowest BCUT2D eigenvalue weighted by Crippen LogP contribution is -2.28. The first kappa shape index (κ1) is 36.5. The molecule has 0 amide bonds. The zero-order valence-electron chi connectivity index (χ0n) is 34.3. The normalized spacial score (nSPS) is 12.6. The van der Waals surface area contributed by atoms with Crippen LogP contribution in [0, 0.1) is 0 Å². The van der Waals surface area contributed by atoms with Gasteiger partial charge in [-0.1, -0.05) is 188 Å². The van der Waals surface area contributed by atoms with E-state index in [1.165, 1.54) is 33.4 Å². The fourth-order valence-electron chi connectivity index (χ4n) is 9.71. The number of para-hydroxylation sites is 1. The topological polar surface area (TPSA) is 42.2 Å². The fraction of sp³-hybridized carbons (Fsp3) is 0.0169. The van der Waals surface area contributed by atoms with Crippen LogP contribution < -0.4 is 4.90 Å². The SMILES string of the molecule is c1ccc(-c2cc(-c3ccccc3)nc(N(c3ccc(-c4ccc5oc6ccccc6c5c4)cc3)c3ccc(C4(c5ccccc5)c5ccccc5-c5ccccc54)cc3)n2)cc1. The van der Waals surface area contributed by atoms with Crippen molar-refractivity contribution in [2.75, 3.05) is 4.90 Å². The Hall–Kier alpha value is -8.34. The highest BCUT2D eigenvalue weighted by Crippen LogP contribution is 2.56. The molecule has 4 heteroatoms. The number of aromatic nitrogens is 2. The zero-order valence-corrected chi connectivity index (χ0v) is 34.3. The third-order valence-corrected chi connectivity index (χ3v) is 12.6. The summed E-state index contributed by atoms with van der Waals surface area (Å²) in [5.41, 5.74) is 16.6. The van der Waals surface area contributed by atoms with E-state index >= 15 is 0 Å². The lowest BCUT2D eigenvalue weighted by Gasteiger charge is -2.34. The maximum absolute atomic E-state index is 6.16. The van der Waals surface area contributed by atoms with Crippen molar-refractivity contribution in [3.8, 4) is 44.8 Å². The van der Waals surface area contributed by atoms with E-state index in [-0.39, 0.29) is 0 Å². The van der Waals surface area contributed by atoms with Crippen LogP contribution in [0.25, 0.3) is 66.7 Å². The Morgan fingerprint density at radius 1 is 0.349 bits per heavy atom. The summed E-state index contributed by atoms with van der Waals surface area (Å²) in [5.74, 6) is 0.580. The minimum absolute atomic E-state index is 0.509. The van der Waals surface area contributed by atoms with Gasteiger partial charge in [0.1, 0.15) is 11.2 Å². The van der Waals surface area contributed by atoms with Crippen LogP contribution in [-0.2, 0) is 5.41 Å². The highest BCUT2D eigenvalue weighted by molar-refractivity contribution is 6.06. The van der Waals surface area contributed by atoms with Crippen molar-refractivity contribution < 1.29 is 4.42 Å². The maximum Gasteiger partial charge on any atom is 0.235 e. The van der Waals surface area contributed by atoms with E-state index in [1.807, 2.05) is 24.3 Å². The van der Waals surface area contributed by atoms with Gasteiger partial charge in [0.15, 0.2) is 0 Å². The quantitative estimate of drug-likeness (QED) is 0.153. The molecule has 296 valence electrons. The number of rotatable bonds is 8. The fourth-order valence-corrected chi connectivity index (χ4v) is 9.71. The molecule has 0 spiro atoms. The molecule has 0 atom stereocenters. The molecule has 1 aliphatic carbocycles. The minimum Gasteiger partial charge on any atom is -0.456 e.